The van der Waals surface area contributed by atoms with E-state index in [1.54, 1.807) is 13.0 Å². The Morgan fingerprint density at radius 2 is 2.20 bits per heavy atom. The average Bonchev–Trinajstić information content (AvgIpc) is 2.92. The van der Waals surface area contributed by atoms with Crippen LogP contribution in [-0.4, -0.2) is 48.9 Å². The number of fused-ring (bicyclic) bond motifs is 1. The molecule has 1 aromatic heterocycles. The number of halogens is 1. The number of rotatable bonds is 3. The van der Waals surface area contributed by atoms with Crippen molar-refractivity contribution in [2.75, 3.05) is 20.2 Å². The Labute approximate surface area is 147 Å². The standard InChI is InChI=1S/C17H17FN2O4S/c1-9-11-7-10(18)3-4-13(11)25-15(9)17(23)20-6-5-19-16(22)12(20)8-14(21)24-2/h3-4,7,12H,5-6,8H2,1-2H3,(H,19,22)/t12-/m1/s1. The molecule has 3 rings (SSSR count). The topological polar surface area (TPSA) is 75.7 Å². The van der Waals surface area contributed by atoms with Crippen LogP contribution in [0.5, 0.6) is 0 Å². The lowest BCUT2D eigenvalue weighted by atomic mass is 10.1. The summed E-state index contributed by atoms with van der Waals surface area (Å²) in [6.45, 7) is 2.37. The lowest BCUT2D eigenvalue weighted by molar-refractivity contribution is -0.145. The molecule has 8 heteroatoms. The van der Waals surface area contributed by atoms with E-state index in [1.807, 2.05) is 0 Å². The number of carbonyl (C=O) groups excluding carboxylic acids is 3. The Morgan fingerprint density at radius 1 is 1.44 bits per heavy atom. The van der Waals surface area contributed by atoms with Crippen molar-refractivity contribution in [1.29, 1.82) is 0 Å². The average molecular weight is 364 g/mol. The van der Waals surface area contributed by atoms with Gasteiger partial charge >= 0.3 is 5.97 Å². The highest BCUT2D eigenvalue weighted by Crippen LogP contribution is 2.32. The van der Waals surface area contributed by atoms with Gasteiger partial charge in [0.25, 0.3) is 5.91 Å². The van der Waals surface area contributed by atoms with Crippen molar-refractivity contribution in [2.45, 2.75) is 19.4 Å². The summed E-state index contributed by atoms with van der Waals surface area (Å²) >= 11 is 1.26. The first kappa shape index (κ1) is 17.3. The summed E-state index contributed by atoms with van der Waals surface area (Å²) in [5.41, 5.74) is 0.673. The van der Waals surface area contributed by atoms with Crippen LogP contribution in [0, 0.1) is 12.7 Å². The molecule has 1 N–H and O–H groups in total. The molecule has 1 fully saturated rings. The molecule has 132 valence electrons. The Kier molecular flexibility index (Phi) is 4.71. The van der Waals surface area contributed by atoms with Crippen LogP contribution in [0.4, 0.5) is 4.39 Å². The molecular formula is C17H17FN2O4S. The number of carbonyl (C=O) groups is 3. The highest BCUT2D eigenvalue weighted by Gasteiger charge is 2.36. The first-order chi connectivity index (χ1) is 11.9. The minimum atomic E-state index is -0.907. The third-order valence-electron chi connectivity index (χ3n) is 4.27. The highest BCUT2D eigenvalue weighted by atomic mass is 32.1. The molecule has 2 heterocycles. The summed E-state index contributed by atoms with van der Waals surface area (Å²) in [5, 5.41) is 3.34. The number of thiophene rings is 1. The van der Waals surface area contributed by atoms with Crippen molar-refractivity contribution in [2.24, 2.45) is 0 Å². The number of benzene rings is 1. The van der Waals surface area contributed by atoms with E-state index in [0.717, 1.165) is 4.70 Å². The number of ether oxygens (including phenoxy) is 1. The van der Waals surface area contributed by atoms with Gasteiger partial charge in [-0.3, -0.25) is 14.4 Å². The first-order valence-electron chi connectivity index (χ1n) is 7.76. The van der Waals surface area contributed by atoms with E-state index in [0.29, 0.717) is 28.9 Å². The van der Waals surface area contributed by atoms with E-state index in [9.17, 15) is 18.8 Å². The molecule has 0 unspecified atom stereocenters. The van der Waals surface area contributed by atoms with Crippen LogP contribution in [0.15, 0.2) is 18.2 Å². The highest BCUT2D eigenvalue weighted by molar-refractivity contribution is 7.21. The molecule has 0 saturated carbocycles. The zero-order chi connectivity index (χ0) is 18.1. The van der Waals surface area contributed by atoms with E-state index >= 15 is 0 Å². The van der Waals surface area contributed by atoms with Crippen molar-refractivity contribution >= 4 is 39.2 Å². The van der Waals surface area contributed by atoms with E-state index in [2.05, 4.69) is 10.1 Å². The van der Waals surface area contributed by atoms with Crippen molar-refractivity contribution in [3.63, 3.8) is 0 Å². The maximum absolute atomic E-state index is 13.5. The normalized spacial score (nSPS) is 17.5. The summed E-state index contributed by atoms with van der Waals surface area (Å²) in [6.07, 6.45) is -0.202. The molecule has 1 aliphatic heterocycles. The fraction of sp³-hybridized carbons (Fsp3) is 0.353. The molecule has 0 aliphatic carbocycles. The number of nitrogens with zero attached hydrogens (tertiary/aromatic N) is 1. The van der Waals surface area contributed by atoms with Crippen LogP contribution in [0.2, 0.25) is 0 Å². The Balaban J connectivity index is 1.96. The quantitative estimate of drug-likeness (QED) is 0.844. The van der Waals surface area contributed by atoms with Crippen molar-refractivity contribution in [3.8, 4) is 0 Å². The number of piperazine rings is 1. The molecule has 1 aliphatic rings. The van der Waals surface area contributed by atoms with Gasteiger partial charge in [0.15, 0.2) is 0 Å². The fourth-order valence-electron chi connectivity index (χ4n) is 2.93. The van der Waals surface area contributed by atoms with Gasteiger partial charge in [-0.1, -0.05) is 0 Å². The summed E-state index contributed by atoms with van der Waals surface area (Å²) in [6, 6.07) is 3.47. The van der Waals surface area contributed by atoms with Gasteiger partial charge in [-0.05, 0) is 36.1 Å². The second-order valence-corrected chi connectivity index (χ2v) is 6.83. The molecule has 1 atom stereocenters. The van der Waals surface area contributed by atoms with Crippen LogP contribution >= 0.6 is 11.3 Å². The second-order valence-electron chi connectivity index (χ2n) is 5.78. The molecule has 2 amide bonds. The summed E-state index contributed by atoms with van der Waals surface area (Å²) in [5.74, 6) is -1.64. The Morgan fingerprint density at radius 3 is 2.92 bits per heavy atom. The van der Waals surface area contributed by atoms with Gasteiger partial charge in [-0.25, -0.2) is 4.39 Å². The van der Waals surface area contributed by atoms with Crippen molar-refractivity contribution < 1.29 is 23.5 Å². The summed E-state index contributed by atoms with van der Waals surface area (Å²) < 4.78 is 18.9. The van der Waals surface area contributed by atoms with Crippen LogP contribution in [0.25, 0.3) is 10.1 Å². The number of hydrogen-bond donors (Lipinski definition) is 1. The minimum absolute atomic E-state index is 0.202. The van der Waals surface area contributed by atoms with E-state index in [-0.39, 0.29) is 24.1 Å². The van der Waals surface area contributed by atoms with E-state index < -0.39 is 12.0 Å². The van der Waals surface area contributed by atoms with Gasteiger partial charge in [-0.2, -0.15) is 0 Å². The zero-order valence-corrected chi connectivity index (χ0v) is 14.6. The van der Waals surface area contributed by atoms with Crippen molar-refractivity contribution in [1.82, 2.24) is 10.2 Å². The SMILES string of the molecule is COC(=O)C[C@@H]1C(=O)NCCN1C(=O)c1sc2ccc(F)cc2c1C. The predicted molar refractivity (Wildman–Crippen MR) is 91.0 cm³/mol. The number of esters is 1. The summed E-state index contributed by atoms with van der Waals surface area (Å²) in [7, 11) is 1.24. The number of nitrogens with one attached hydrogen (secondary N) is 1. The van der Waals surface area contributed by atoms with Gasteiger partial charge < -0.3 is 15.0 Å². The lowest BCUT2D eigenvalue weighted by Crippen LogP contribution is -2.57. The van der Waals surface area contributed by atoms with Crippen molar-refractivity contribution in [3.05, 3.63) is 34.5 Å². The molecule has 0 spiro atoms. The van der Waals surface area contributed by atoms with E-state index in [1.165, 1.54) is 35.5 Å². The number of amides is 2. The lowest BCUT2D eigenvalue weighted by Gasteiger charge is -2.34. The van der Waals surface area contributed by atoms with Crippen LogP contribution in [-0.2, 0) is 14.3 Å². The largest absolute Gasteiger partial charge is 0.469 e. The van der Waals surface area contributed by atoms with Gasteiger partial charge in [-0.15, -0.1) is 11.3 Å². The van der Waals surface area contributed by atoms with Gasteiger partial charge in [0, 0.05) is 17.8 Å². The Hall–Kier alpha value is -2.48. The van der Waals surface area contributed by atoms with Crippen LogP contribution in [0.1, 0.15) is 21.7 Å². The van der Waals surface area contributed by atoms with Gasteiger partial charge in [0.05, 0.1) is 18.4 Å². The first-order valence-corrected chi connectivity index (χ1v) is 8.58. The molecular weight excluding hydrogens is 347 g/mol. The molecule has 0 radical (unpaired) electrons. The van der Waals surface area contributed by atoms with Crippen LogP contribution in [0.3, 0.4) is 0 Å². The third-order valence-corrected chi connectivity index (χ3v) is 5.53. The number of hydrogen-bond acceptors (Lipinski definition) is 5. The maximum Gasteiger partial charge on any atom is 0.308 e. The number of aryl methyl sites for hydroxylation is 1. The Bertz CT molecular complexity index is 864. The third kappa shape index (κ3) is 3.21. The maximum atomic E-state index is 13.5. The van der Waals surface area contributed by atoms with Gasteiger partial charge in [0.1, 0.15) is 11.9 Å². The number of methoxy groups -OCH3 is 1. The minimum Gasteiger partial charge on any atom is -0.469 e. The fourth-order valence-corrected chi connectivity index (χ4v) is 4.08. The second kappa shape index (κ2) is 6.79. The summed E-state index contributed by atoms with van der Waals surface area (Å²) in [4.78, 5) is 38.6. The molecule has 1 aromatic carbocycles. The monoisotopic (exact) mass is 364 g/mol. The molecule has 25 heavy (non-hydrogen) atoms. The zero-order valence-electron chi connectivity index (χ0n) is 13.8. The smallest absolute Gasteiger partial charge is 0.308 e. The molecule has 1 saturated heterocycles. The molecule has 0 bridgehead atoms. The van der Waals surface area contributed by atoms with Crippen LogP contribution < -0.4 is 5.32 Å². The van der Waals surface area contributed by atoms with Gasteiger partial charge in [0.2, 0.25) is 5.91 Å². The predicted octanol–water partition coefficient (Wildman–Crippen LogP) is 1.85. The molecule has 2 aromatic rings. The molecule has 6 nitrogen and oxygen atoms in total. The van der Waals surface area contributed by atoms with E-state index in [4.69, 9.17) is 0 Å².